The van der Waals surface area contributed by atoms with E-state index >= 15 is 0 Å². The fourth-order valence-corrected chi connectivity index (χ4v) is 2.65. The molecule has 1 aromatic rings. The normalized spacial score (nSPS) is 20.8. The number of H-pyrrole nitrogens is 1. The molecule has 1 aliphatic heterocycles. The molecule has 0 saturated carbocycles. The lowest BCUT2D eigenvalue weighted by Gasteiger charge is -2.32. The van der Waals surface area contributed by atoms with Crippen LogP contribution < -0.4 is 0 Å². The SMILES string of the molecule is CC(=O)N1CCc2[nH]nc(Br)c2C1C. The van der Waals surface area contributed by atoms with Crippen LogP contribution in [-0.2, 0) is 11.2 Å². The molecule has 0 bridgehead atoms. The minimum absolute atomic E-state index is 0.115. The van der Waals surface area contributed by atoms with Crippen molar-refractivity contribution in [2.75, 3.05) is 6.54 Å². The zero-order chi connectivity index (χ0) is 10.3. The highest BCUT2D eigenvalue weighted by Crippen LogP contribution is 2.32. The van der Waals surface area contributed by atoms with Crippen LogP contribution >= 0.6 is 15.9 Å². The first-order valence-corrected chi connectivity index (χ1v) is 5.40. The molecule has 0 fully saturated rings. The molecule has 0 radical (unpaired) electrons. The third-order valence-electron chi connectivity index (χ3n) is 2.73. The lowest BCUT2D eigenvalue weighted by Crippen LogP contribution is -2.37. The van der Waals surface area contributed by atoms with Crippen molar-refractivity contribution in [1.29, 1.82) is 0 Å². The summed E-state index contributed by atoms with van der Waals surface area (Å²) in [6.07, 6.45) is 0.859. The number of aromatic nitrogens is 2. The van der Waals surface area contributed by atoms with Crippen LogP contribution in [0.25, 0.3) is 0 Å². The maximum absolute atomic E-state index is 11.3. The van der Waals surface area contributed by atoms with E-state index in [1.54, 1.807) is 6.92 Å². The van der Waals surface area contributed by atoms with Crippen LogP contribution in [0, 0.1) is 0 Å². The van der Waals surface area contributed by atoms with Gasteiger partial charge in [-0.3, -0.25) is 9.89 Å². The molecule has 4 nitrogen and oxygen atoms in total. The van der Waals surface area contributed by atoms with Gasteiger partial charge >= 0.3 is 0 Å². The number of hydrogen-bond acceptors (Lipinski definition) is 2. The van der Waals surface area contributed by atoms with Crippen LogP contribution in [0.5, 0.6) is 0 Å². The van der Waals surface area contributed by atoms with Crippen LogP contribution in [0.1, 0.15) is 31.1 Å². The monoisotopic (exact) mass is 257 g/mol. The fraction of sp³-hybridized carbons (Fsp3) is 0.556. The molecule has 1 N–H and O–H groups in total. The zero-order valence-corrected chi connectivity index (χ0v) is 9.76. The molecular weight excluding hydrogens is 246 g/mol. The van der Waals surface area contributed by atoms with E-state index in [1.807, 2.05) is 11.8 Å². The maximum Gasteiger partial charge on any atom is 0.219 e. The van der Waals surface area contributed by atoms with E-state index < -0.39 is 0 Å². The minimum atomic E-state index is 0.115. The first-order chi connectivity index (χ1) is 6.61. The van der Waals surface area contributed by atoms with Crippen molar-refractivity contribution in [1.82, 2.24) is 15.1 Å². The van der Waals surface area contributed by atoms with Crippen molar-refractivity contribution in [2.45, 2.75) is 26.3 Å². The molecule has 0 saturated heterocycles. The number of carbonyl (C=O) groups excluding carboxylic acids is 1. The summed E-state index contributed by atoms with van der Waals surface area (Å²) in [4.78, 5) is 13.2. The van der Waals surface area contributed by atoms with Crippen LogP contribution in [0.3, 0.4) is 0 Å². The average Bonchev–Trinajstić information content (AvgIpc) is 2.48. The van der Waals surface area contributed by atoms with E-state index in [4.69, 9.17) is 0 Å². The summed E-state index contributed by atoms with van der Waals surface area (Å²) in [6, 6.07) is 0.115. The Labute approximate surface area is 90.8 Å². The van der Waals surface area contributed by atoms with Crippen LogP contribution in [0.2, 0.25) is 0 Å². The Bertz CT molecular complexity index is 374. The van der Waals surface area contributed by atoms with Gasteiger partial charge in [-0.2, -0.15) is 5.10 Å². The van der Waals surface area contributed by atoms with Crippen molar-refractivity contribution in [3.8, 4) is 0 Å². The molecule has 0 aliphatic carbocycles. The van der Waals surface area contributed by atoms with Gasteiger partial charge in [0.05, 0.1) is 6.04 Å². The molecule has 1 amide bonds. The van der Waals surface area contributed by atoms with Gasteiger partial charge in [0.15, 0.2) is 0 Å². The average molecular weight is 258 g/mol. The Morgan fingerprint density at radius 1 is 1.71 bits per heavy atom. The van der Waals surface area contributed by atoms with Gasteiger partial charge in [-0.1, -0.05) is 0 Å². The number of hydrogen-bond donors (Lipinski definition) is 1. The molecular formula is C9H12BrN3O. The van der Waals surface area contributed by atoms with Crippen molar-refractivity contribution >= 4 is 21.8 Å². The second-order valence-corrected chi connectivity index (χ2v) is 4.30. The van der Waals surface area contributed by atoms with Gasteiger partial charge < -0.3 is 4.90 Å². The number of fused-ring (bicyclic) bond motifs is 1. The molecule has 0 spiro atoms. The molecule has 1 unspecified atom stereocenters. The van der Waals surface area contributed by atoms with E-state index in [1.165, 1.54) is 0 Å². The van der Waals surface area contributed by atoms with E-state index in [0.717, 1.165) is 28.8 Å². The van der Waals surface area contributed by atoms with Gasteiger partial charge in [0, 0.05) is 31.1 Å². The highest BCUT2D eigenvalue weighted by molar-refractivity contribution is 9.10. The summed E-state index contributed by atoms with van der Waals surface area (Å²) in [6.45, 7) is 4.41. The predicted octanol–water partition coefficient (Wildman–Crippen LogP) is 1.64. The lowest BCUT2D eigenvalue weighted by atomic mass is 10.0. The molecule has 0 aromatic carbocycles. The number of carbonyl (C=O) groups is 1. The smallest absolute Gasteiger partial charge is 0.219 e. The van der Waals surface area contributed by atoms with Gasteiger partial charge in [0.2, 0.25) is 5.91 Å². The van der Waals surface area contributed by atoms with Crippen molar-refractivity contribution in [3.05, 3.63) is 15.9 Å². The van der Waals surface area contributed by atoms with Crippen LogP contribution in [0.15, 0.2) is 4.60 Å². The summed E-state index contributed by atoms with van der Waals surface area (Å²) < 4.78 is 0.825. The topological polar surface area (TPSA) is 49.0 Å². The van der Waals surface area contributed by atoms with Crippen LogP contribution in [-0.4, -0.2) is 27.5 Å². The number of rotatable bonds is 0. The van der Waals surface area contributed by atoms with E-state index in [2.05, 4.69) is 26.1 Å². The Hall–Kier alpha value is -0.840. The largest absolute Gasteiger partial charge is 0.336 e. The molecule has 2 rings (SSSR count). The van der Waals surface area contributed by atoms with Gasteiger partial charge in [-0.15, -0.1) is 0 Å². The van der Waals surface area contributed by atoms with Gasteiger partial charge in [-0.05, 0) is 22.9 Å². The Balaban J connectivity index is 2.39. The number of nitrogens with one attached hydrogen (secondary N) is 1. The van der Waals surface area contributed by atoms with Crippen molar-refractivity contribution < 1.29 is 4.79 Å². The highest BCUT2D eigenvalue weighted by Gasteiger charge is 2.29. The third kappa shape index (κ3) is 1.35. The first-order valence-electron chi connectivity index (χ1n) is 4.61. The van der Waals surface area contributed by atoms with Gasteiger partial charge in [0.1, 0.15) is 4.60 Å². The van der Waals surface area contributed by atoms with Crippen molar-refractivity contribution in [2.24, 2.45) is 0 Å². The summed E-state index contributed by atoms with van der Waals surface area (Å²) in [5.41, 5.74) is 2.26. The molecule has 1 atom stereocenters. The molecule has 14 heavy (non-hydrogen) atoms. The molecule has 76 valence electrons. The minimum Gasteiger partial charge on any atom is -0.336 e. The third-order valence-corrected chi connectivity index (χ3v) is 3.33. The highest BCUT2D eigenvalue weighted by atomic mass is 79.9. The molecule has 5 heteroatoms. The zero-order valence-electron chi connectivity index (χ0n) is 8.17. The Morgan fingerprint density at radius 2 is 2.43 bits per heavy atom. The summed E-state index contributed by atoms with van der Waals surface area (Å²) in [7, 11) is 0. The summed E-state index contributed by atoms with van der Waals surface area (Å²) in [5.74, 6) is 0.122. The standard InChI is InChI=1S/C9H12BrN3O/c1-5-8-7(11-12-9(8)10)3-4-13(5)6(2)14/h5H,3-4H2,1-2H3,(H,11,12). The first kappa shape index (κ1) is 9.71. The van der Waals surface area contributed by atoms with E-state index in [0.29, 0.717) is 0 Å². The maximum atomic E-state index is 11.3. The second-order valence-electron chi connectivity index (χ2n) is 3.55. The van der Waals surface area contributed by atoms with Crippen LogP contribution in [0.4, 0.5) is 0 Å². The van der Waals surface area contributed by atoms with Gasteiger partial charge in [0.25, 0.3) is 0 Å². The number of aromatic amines is 1. The van der Waals surface area contributed by atoms with E-state index in [-0.39, 0.29) is 11.9 Å². The van der Waals surface area contributed by atoms with Crippen molar-refractivity contribution in [3.63, 3.8) is 0 Å². The summed E-state index contributed by atoms with van der Waals surface area (Å²) >= 11 is 3.39. The quantitative estimate of drug-likeness (QED) is 0.769. The van der Waals surface area contributed by atoms with Gasteiger partial charge in [-0.25, -0.2) is 0 Å². The predicted molar refractivity (Wildman–Crippen MR) is 55.8 cm³/mol. The molecule has 1 aromatic heterocycles. The molecule has 2 heterocycles. The number of amides is 1. The Morgan fingerprint density at radius 3 is 3.07 bits per heavy atom. The summed E-state index contributed by atoms with van der Waals surface area (Å²) in [5, 5.41) is 7.08. The molecule has 1 aliphatic rings. The second kappa shape index (κ2) is 3.38. The lowest BCUT2D eigenvalue weighted by molar-refractivity contribution is -0.131. The Kier molecular flexibility index (Phi) is 2.34. The fourth-order valence-electron chi connectivity index (χ4n) is 1.99. The number of nitrogens with zero attached hydrogens (tertiary/aromatic N) is 2. The number of halogens is 1. The van der Waals surface area contributed by atoms with E-state index in [9.17, 15) is 4.79 Å².